The van der Waals surface area contributed by atoms with Crippen molar-refractivity contribution in [1.82, 2.24) is 9.55 Å². The number of hydrogen-bond acceptors (Lipinski definition) is 9. The molecule has 142 valence electrons. The van der Waals surface area contributed by atoms with Gasteiger partial charge in [-0.05, 0) is 0 Å². The summed E-state index contributed by atoms with van der Waals surface area (Å²) in [5.74, 6) is -1.98. The Hall–Kier alpha value is -2.95. The number of nitrogens with one attached hydrogen (secondary N) is 1. The first kappa shape index (κ1) is 19.4. The van der Waals surface area contributed by atoms with Gasteiger partial charge in [-0.2, -0.15) is 0 Å². The minimum Gasteiger partial charge on any atom is -0.463 e. The molecule has 2 heterocycles. The molecule has 1 N–H and O–H groups in total. The quantitative estimate of drug-likeness (QED) is 0.502. The number of hydrogen-bond donors (Lipinski definition) is 1. The molecular weight excluding hydrogens is 352 g/mol. The van der Waals surface area contributed by atoms with Crippen LogP contribution in [0.25, 0.3) is 0 Å². The summed E-state index contributed by atoms with van der Waals surface area (Å²) in [6.45, 7) is 3.17. The standard InChI is InChI=1S/C15H18N2O9/c1-7(18)23-6-10-12(24-8(2)19)13(25-9(3)20)14(26-10)17-5-4-11(21)16-15(17)22/h4-5,10,12-14H,6H2,1-3H3,(H,16,21,22)/t10-,12-,13+,14+/m0/s1. The van der Waals surface area contributed by atoms with Gasteiger partial charge in [0.15, 0.2) is 18.4 Å². The van der Waals surface area contributed by atoms with Crippen molar-refractivity contribution >= 4 is 17.9 Å². The number of esters is 3. The fourth-order valence-corrected chi connectivity index (χ4v) is 2.54. The van der Waals surface area contributed by atoms with Crippen molar-refractivity contribution in [3.8, 4) is 0 Å². The van der Waals surface area contributed by atoms with Crippen molar-refractivity contribution in [3.63, 3.8) is 0 Å². The van der Waals surface area contributed by atoms with Gasteiger partial charge in [0.1, 0.15) is 12.7 Å². The molecule has 1 aliphatic heterocycles. The van der Waals surface area contributed by atoms with Crippen LogP contribution in [-0.4, -0.2) is 52.4 Å². The molecule has 1 aromatic heterocycles. The zero-order valence-corrected chi connectivity index (χ0v) is 14.3. The van der Waals surface area contributed by atoms with Crippen LogP contribution in [-0.2, 0) is 33.3 Å². The SMILES string of the molecule is CC(=O)OC[C@@H]1O[C@@H](n2ccc(=O)[nH]c2=O)[C@H](OC(C)=O)[C@H]1OC(C)=O. The molecule has 0 aliphatic carbocycles. The first-order valence-electron chi connectivity index (χ1n) is 7.63. The molecule has 0 amide bonds. The smallest absolute Gasteiger partial charge is 0.330 e. The van der Waals surface area contributed by atoms with Crippen molar-refractivity contribution in [2.24, 2.45) is 0 Å². The Morgan fingerprint density at radius 1 is 1.08 bits per heavy atom. The highest BCUT2D eigenvalue weighted by Crippen LogP contribution is 2.33. The predicted molar refractivity (Wildman–Crippen MR) is 83.0 cm³/mol. The fourth-order valence-electron chi connectivity index (χ4n) is 2.54. The van der Waals surface area contributed by atoms with E-state index in [0.29, 0.717) is 0 Å². The van der Waals surface area contributed by atoms with Gasteiger partial charge in [0.2, 0.25) is 0 Å². The van der Waals surface area contributed by atoms with Crippen LogP contribution in [0.4, 0.5) is 0 Å². The number of rotatable bonds is 5. The Balaban J connectivity index is 2.41. The van der Waals surface area contributed by atoms with Crippen LogP contribution in [0.15, 0.2) is 21.9 Å². The van der Waals surface area contributed by atoms with E-state index in [1.807, 2.05) is 4.98 Å². The number of H-pyrrole nitrogens is 1. The van der Waals surface area contributed by atoms with E-state index in [1.165, 1.54) is 6.92 Å². The fraction of sp³-hybridized carbons (Fsp3) is 0.533. The molecule has 0 aromatic carbocycles. The molecule has 1 fully saturated rings. The highest BCUT2D eigenvalue weighted by Gasteiger charge is 2.50. The van der Waals surface area contributed by atoms with Gasteiger partial charge in [-0.25, -0.2) is 4.79 Å². The van der Waals surface area contributed by atoms with Crippen molar-refractivity contribution < 1.29 is 33.3 Å². The van der Waals surface area contributed by atoms with Gasteiger partial charge in [-0.1, -0.05) is 0 Å². The van der Waals surface area contributed by atoms with E-state index < -0.39 is 53.7 Å². The van der Waals surface area contributed by atoms with Gasteiger partial charge in [-0.3, -0.25) is 28.7 Å². The highest BCUT2D eigenvalue weighted by atomic mass is 16.7. The molecule has 1 aromatic rings. The van der Waals surface area contributed by atoms with E-state index in [2.05, 4.69) is 0 Å². The molecule has 0 saturated carbocycles. The Kier molecular flexibility index (Phi) is 5.93. The van der Waals surface area contributed by atoms with Gasteiger partial charge < -0.3 is 18.9 Å². The van der Waals surface area contributed by atoms with Gasteiger partial charge in [0.05, 0.1) is 0 Å². The van der Waals surface area contributed by atoms with E-state index in [9.17, 15) is 24.0 Å². The van der Waals surface area contributed by atoms with Gasteiger partial charge >= 0.3 is 23.6 Å². The topological polar surface area (TPSA) is 143 Å². The molecule has 0 unspecified atom stereocenters. The van der Waals surface area contributed by atoms with Crippen LogP contribution in [0, 0.1) is 0 Å². The van der Waals surface area contributed by atoms with Crippen LogP contribution in [0.1, 0.15) is 27.0 Å². The number of aromatic amines is 1. The Bertz CT molecular complexity index is 812. The molecule has 2 rings (SSSR count). The first-order chi connectivity index (χ1) is 12.2. The zero-order chi connectivity index (χ0) is 19.4. The summed E-state index contributed by atoms with van der Waals surface area (Å²) in [6, 6.07) is 1.08. The zero-order valence-electron chi connectivity index (χ0n) is 14.3. The Morgan fingerprint density at radius 2 is 1.69 bits per heavy atom. The van der Waals surface area contributed by atoms with E-state index in [4.69, 9.17) is 18.9 Å². The average Bonchev–Trinajstić information content (AvgIpc) is 2.82. The number of nitrogens with zero attached hydrogens (tertiary/aromatic N) is 1. The van der Waals surface area contributed by atoms with E-state index in [0.717, 1.165) is 30.7 Å². The summed E-state index contributed by atoms with van der Waals surface area (Å²) < 4.78 is 21.9. The Morgan fingerprint density at radius 3 is 2.23 bits per heavy atom. The van der Waals surface area contributed by atoms with Crippen molar-refractivity contribution in [2.45, 2.75) is 45.3 Å². The highest BCUT2D eigenvalue weighted by molar-refractivity contribution is 5.67. The molecule has 1 aliphatic rings. The molecule has 11 nitrogen and oxygen atoms in total. The molecule has 1 saturated heterocycles. The summed E-state index contributed by atoms with van der Waals surface area (Å²) in [7, 11) is 0. The lowest BCUT2D eigenvalue weighted by Crippen LogP contribution is -2.42. The van der Waals surface area contributed by atoms with Crippen molar-refractivity contribution in [2.75, 3.05) is 6.61 Å². The summed E-state index contributed by atoms with van der Waals surface area (Å²) in [5, 5.41) is 0. The monoisotopic (exact) mass is 370 g/mol. The maximum Gasteiger partial charge on any atom is 0.330 e. The summed E-state index contributed by atoms with van der Waals surface area (Å²) in [5.41, 5.74) is -1.43. The van der Waals surface area contributed by atoms with Crippen LogP contribution in [0.5, 0.6) is 0 Å². The maximum atomic E-state index is 12.1. The second-order valence-electron chi connectivity index (χ2n) is 5.53. The summed E-state index contributed by atoms with van der Waals surface area (Å²) in [6.07, 6.45) is -3.36. The third kappa shape index (κ3) is 4.57. The van der Waals surface area contributed by atoms with Crippen LogP contribution in [0.3, 0.4) is 0 Å². The van der Waals surface area contributed by atoms with Crippen LogP contribution < -0.4 is 11.2 Å². The number of ether oxygens (including phenoxy) is 4. The van der Waals surface area contributed by atoms with E-state index in [1.54, 1.807) is 0 Å². The first-order valence-corrected chi connectivity index (χ1v) is 7.63. The van der Waals surface area contributed by atoms with Crippen LogP contribution >= 0.6 is 0 Å². The van der Waals surface area contributed by atoms with Gasteiger partial charge in [0.25, 0.3) is 5.56 Å². The molecule has 26 heavy (non-hydrogen) atoms. The normalized spacial score (nSPS) is 24.7. The summed E-state index contributed by atoms with van der Waals surface area (Å²) in [4.78, 5) is 59.3. The summed E-state index contributed by atoms with van der Waals surface area (Å²) >= 11 is 0. The third-order valence-corrected chi connectivity index (χ3v) is 3.47. The molecule has 11 heteroatoms. The van der Waals surface area contributed by atoms with E-state index >= 15 is 0 Å². The van der Waals surface area contributed by atoms with Crippen LogP contribution in [0.2, 0.25) is 0 Å². The van der Waals surface area contributed by atoms with Crippen molar-refractivity contribution in [3.05, 3.63) is 33.1 Å². The van der Waals surface area contributed by atoms with Gasteiger partial charge in [-0.15, -0.1) is 0 Å². The lowest BCUT2D eigenvalue weighted by molar-refractivity contribution is -0.166. The predicted octanol–water partition coefficient (Wildman–Crippen LogP) is -1.14. The second-order valence-corrected chi connectivity index (χ2v) is 5.53. The number of aromatic nitrogens is 2. The minimum absolute atomic E-state index is 0.292. The van der Waals surface area contributed by atoms with Gasteiger partial charge in [0, 0.05) is 33.0 Å². The Labute approximate surface area is 146 Å². The third-order valence-electron chi connectivity index (χ3n) is 3.47. The second kappa shape index (κ2) is 7.95. The molecule has 0 bridgehead atoms. The molecule has 4 atom stereocenters. The average molecular weight is 370 g/mol. The lowest BCUT2D eigenvalue weighted by Gasteiger charge is -2.23. The van der Waals surface area contributed by atoms with E-state index in [-0.39, 0.29) is 6.61 Å². The van der Waals surface area contributed by atoms with Crippen molar-refractivity contribution in [1.29, 1.82) is 0 Å². The number of carbonyl (C=O) groups is 3. The lowest BCUT2D eigenvalue weighted by atomic mass is 10.1. The minimum atomic E-state index is -1.20. The molecule has 0 radical (unpaired) electrons. The maximum absolute atomic E-state index is 12.1. The molecule has 0 spiro atoms. The molecular formula is C15H18N2O9. The number of carbonyl (C=O) groups excluding carboxylic acids is 3. The largest absolute Gasteiger partial charge is 0.463 e.